The molecule has 5 heteroatoms. The summed E-state index contributed by atoms with van der Waals surface area (Å²) in [6.07, 6.45) is 3.00. The molecule has 3 N–H and O–H groups in total. The zero-order valence-corrected chi connectivity index (χ0v) is 7.94. The van der Waals surface area contributed by atoms with E-state index in [-0.39, 0.29) is 5.92 Å². The minimum atomic E-state index is -1.26. The first-order chi connectivity index (χ1) is 6.07. The first-order valence-electron chi connectivity index (χ1n) is 4.66. The lowest BCUT2D eigenvalue weighted by Gasteiger charge is -2.08. The molecule has 0 aromatic rings. The molecule has 13 heavy (non-hydrogen) atoms. The first-order valence-corrected chi connectivity index (χ1v) is 4.66. The summed E-state index contributed by atoms with van der Waals surface area (Å²) in [5.41, 5.74) is 0. The van der Waals surface area contributed by atoms with Gasteiger partial charge in [-0.3, -0.25) is 4.79 Å². The van der Waals surface area contributed by atoms with E-state index in [2.05, 4.69) is 0 Å². The maximum atomic E-state index is 10.6. The number of hydrogen-bond acceptors (Lipinski definition) is 3. The van der Waals surface area contributed by atoms with E-state index in [9.17, 15) is 4.79 Å². The summed E-state index contributed by atoms with van der Waals surface area (Å²) >= 11 is 0. The van der Waals surface area contributed by atoms with Gasteiger partial charge in [-0.1, -0.05) is 19.8 Å². The second-order valence-corrected chi connectivity index (χ2v) is 3.21. The van der Waals surface area contributed by atoms with Gasteiger partial charge in [0.05, 0.1) is 5.92 Å². The number of carboxylic acids is 1. The lowest BCUT2D eigenvalue weighted by Crippen LogP contribution is -2.13. The molecule has 0 bridgehead atoms. The van der Waals surface area contributed by atoms with Crippen LogP contribution in [0.4, 0.5) is 0 Å². The zero-order chi connectivity index (χ0) is 10.3. The van der Waals surface area contributed by atoms with Crippen molar-refractivity contribution in [1.29, 1.82) is 0 Å². The standard InChI is InChI=1S/C8H17BO4/c1-2-7(8(10)11)5-3-4-6-9(12)13/h7,12-13H,2-6H2,1H3,(H,10,11). The summed E-state index contributed by atoms with van der Waals surface area (Å²) in [5, 5.41) is 25.7. The van der Waals surface area contributed by atoms with Gasteiger partial charge in [-0.2, -0.15) is 0 Å². The van der Waals surface area contributed by atoms with Gasteiger partial charge in [0.2, 0.25) is 0 Å². The summed E-state index contributed by atoms with van der Waals surface area (Å²) in [4.78, 5) is 10.6. The fourth-order valence-electron chi connectivity index (χ4n) is 1.22. The maximum absolute atomic E-state index is 10.6. The highest BCUT2D eigenvalue weighted by molar-refractivity contribution is 6.40. The summed E-state index contributed by atoms with van der Waals surface area (Å²) < 4.78 is 0. The maximum Gasteiger partial charge on any atom is 0.451 e. The lowest BCUT2D eigenvalue weighted by molar-refractivity contribution is -0.142. The minimum Gasteiger partial charge on any atom is -0.481 e. The second kappa shape index (κ2) is 6.92. The average molecular weight is 188 g/mol. The molecule has 0 aromatic carbocycles. The molecule has 0 saturated carbocycles. The quantitative estimate of drug-likeness (QED) is 0.406. The van der Waals surface area contributed by atoms with Crippen molar-refractivity contribution >= 4 is 13.1 Å². The molecule has 0 amide bonds. The Hall–Kier alpha value is -0.545. The molecule has 76 valence electrons. The van der Waals surface area contributed by atoms with E-state index in [0.29, 0.717) is 25.6 Å². The van der Waals surface area contributed by atoms with Crippen LogP contribution < -0.4 is 0 Å². The van der Waals surface area contributed by atoms with Crippen LogP contribution in [0.15, 0.2) is 0 Å². The zero-order valence-electron chi connectivity index (χ0n) is 7.94. The van der Waals surface area contributed by atoms with E-state index >= 15 is 0 Å². The summed E-state index contributed by atoms with van der Waals surface area (Å²) in [7, 11) is -1.26. The van der Waals surface area contributed by atoms with Crippen LogP contribution in [0.3, 0.4) is 0 Å². The van der Waals surface area contributed by atoms with E-state index < -0.39 is 13.1 Å². The number of unbranched alkanes of at least 4 members (excludes halogenated alkanes) is 1. The van der Waals surface area contributed by atoms with Crippen molar-refractivity contribution in [3.63, 3.8) is 0 Å². The molecule has 0 fully saturated rings. The van der Waals surface area contributed by atoms with Crippen molar-refractivity contribution in [3.05, 3.63) is 0 Å². The molecule has 0 aliphatic heterocycles. The minimum absolute atomic E-state index is 0.282. The van der Waals surface area contributed by atoms with E-state index in [1.54, 1.807) is 0 Å². The van der Waals surface area contributed by atoms with Crippen molar-refractivity contribution in [3.8, 4) is 0 Å². The van der Waals surface area contributed by atoms with Gasteiger partial charge in [-0.05, 0) is 19.2 Å². The van der Waals surface area contributed by atoms with Crippen molar-refractivity contribution in [1.82, 2.24) is 0 Å². The Kier molecular flexibility index (Phi) is 6.63. The number of rotatable bonds is 7. The average Bonchev–Trinajstić information content (AvgIpc) is 2.03. The third-order valence-electron chi connectivity index (χ3n) is 2.11. The molecule has 1 unspecified atom stereocenters. The van der Waals surface area contributed by atoms with Crippen LogP contribution in [0.1, 0.15) is 32.6 Å². The second-order valence-electron chi connectivity index (χ2n) is 3.21. The molecular formula is C8H17BO4. The number of carbonyl (C=O) groups is 1. The third kappa shape index (κ3) is 6.60. The molecular weight excluding hydrogens is 171 g/mol. The van der Waals surface area contributed by atoms with Crippen molar-refractivity contribution in [2.24, 2.45) is 5.92 Å². The Morgan fingerprint density at radius 3 is 2.38 bits per heavy atom. The van der Waals surface area contributed by atoms with Crippen molar-refractivity contribution in [2.45, 2.75) is 38.9 Å². The molecule has 0 saturated heterocycles. The topological polar surface area (TPSA) is 77.8 Å². The highest BCUT2D eigenvalue weighted by atomic mass is 16.4. The predicted octanol–water partition coefficient (Wildman–Crippen LogP) is 0.740. The molecule has 0 heterocycles. The Balaban J connectivity index is 3.44. The number of carboxylic acid groups (broad SMARTS) is 1. The van der Waals surface area contributed by atoms with Crippen LogP contribution >= 0.6 is 0 Å². The van der Waals surface area contributed by atoms with E-state index in [1.807, 2.05) is 6.92 Å². The molecule has 0 aromatic heterocycles. The van der Waals surface area contributed by atoms with Gasteiger partial charge in [-0.25, -0.2) is 0 Å². The van der Waals surface area contributed by atoms with Crippen LogP contribution in [0.5, 0.6) is 0 Å². The molecule has 4 nitrogen and oxygen atoms in total. The van der Waals surface area contributed by atoms with Gasteiger partial charge in [0.1, 0.15) is 0 Å². The normalized spacial score (nSPS) is 12.5. The summed E-state index contributed by atoms with van der Waals surface area (Å²) in [6, 6.07) is 0. The Bertz CT molecular complexity index is 149. The fraction of sp³-hybridized carbons (Fsp3) is 0.875. The van der Waals surface area contributed by atoms with E-state index in [1.165, 1.54) is 0 Å². The Morgan fingerprint density at radius 2 is 2.00 bits per heavy atom. The largest absolute Gasteiger partial charge is 0.481 e. The lowest BCUT2D eigenvalue weighted by atomic mass is 9.83. The van der Waals surface area contributed by atoms with Gasteiger partial charge in [0.25, 0.3) is 0 Å². The van der Waals surface area contributed by atoms with Crippen LogP contribution in [-0.2, 0) is 4.79 Å². The van der Waals surface area contributed by atoms with Gasteiger partial charge in [-0.15, -0.1) is 0 Å². The predicted molar refractivity (Wildman–Crippen MR) is 50.3 cm³/mol. The highest BCUT2D eigenvalue weighted by Crippen LogP contribution is 2.13. The highest BCUT2D eigenvalue weighted by Gasteiger charge is 2.14. The van der Waals surface area contributed by atoms with Gasteiger partial charge in [0, 0.05) is 0 Å². The molecule has 0 radical (unpaired) electrons. The third-order valence-corrected chi connectivity index (χ3v) is 2.11. The molecule has 1 atom stereocenters. The summed E-state index contributed by atoms with van der Waals surface area (Å²) in [6.45, 7) is 1.85. The van der Waals surface area contributed by atoms with Gasteiger partial charge in [0.15, 0.2) is 0 Å². The molecule has 0 rings (SSSR count). The van der Waals surface area contributed by atoms with Crippen LogP contribution in [-0.4, -0.2) is 28.2 Å². The van der Waals surface area contributed by atoms with Crippen LogP contribution in [0.2, 0.25) is 6.32 Å². The van der Waals surface area contributed by atoms with E-state index in [0.717, 1.165) is 6.42 Å². The smallest absolute Gasteiger partial charge is 0.451 e. The number of hydrogen-bond donors (Lipinski definition) is 3. The van der Waals surface area contributed by atoms with Crippen molar-refractivity contribution in [2.75, 3.05) is 0 Å². The molecule has 0 spiro atoms. The number of aliphatic carboxylic acids is 1. The first kappa shape index (κ1) is 12.5. The summed E-state index contributed by atoms with van der Waals surface area (Å²) in [5.74, 6) is -1.04. The van der Waals surface area contributed by atoms with Crippen LogP contribution in [0.25, 0.3) is 0 Å². The monoisotopic (exact) mass is 188 g/mol. The van der Waals surface area contributed by atoms with Gasteiger partial charge < -0.3 is 15.2 Å². The Labute approximate surface area is 78.7 Å². The van der Waals surface area contributed by atoms with Crippen LogP contribution in [0, 0.1) is 5.92 Å². The fourth-order valence-corrected chi connectivity index (χ4v) is 1.22. The molecule has 0 aliphatic rings. The Morgan fingerprint density at radius 1 is 1.38 bits per heavy atom. The molecule has 0 aliphatic carbocycles. The van der Waals surface area contributed by atoms with Crippen molar-refractivity contribution < 1.29 is 19.9 Å². The van der Waals surface area contributed by atoms with E-state index in [4.69, 9.17) is 15.2 Å². The van der Waals surface area contributed by atoms with Gasteiger partial charge >= 0.3 is 13.1 Å². The SMILES string of the molecule is CCC(CCCCB(O)O)C(=O)O.